The fourth-order valence-corrected chi connectivity index (χ4v) is 1.63. The van der Waals surface area contributed by atoms with E-state index in [-0.39, 0.29) is 6.07 Å². The lowest BCUT2D eigenvalue weighted by molar-refractivity contribution is -0.214. The molecule has 0 aliphatic carbocycles. The van der Waals surface area contributed by atoms with Crippen LogP contribution < -0.4 is 5.32 Å². The van der Waals surface area contributed by atoms with Gasteiger partial charge in [0.2, 0.25) is 0 Å². The first kappa shape index (κ1) is 19.7. The highest BCUT2D eigenvalue weighted by Crippen LogP contribution is 2.32. The zero-order chi connectivity index (χ0) is 18.9. The van der Waals surface area contributed by atoms with Crippen molar-refractivity contribution >= 4 is 11.9 Å². The van der Waals surface area contributed by atoms with Gasteiger partial charge in [-0.15, -0.1) is 0 Å². The summed E-state index contributed by atoms with van der Waals surface area (Å²) >= 11 is 0. The summed E-state index contributed by atoms with van der Waals surface area (Å²) in [5.74, 6) is -5.58. The lowest BCUT2D eigenvalue weighted by Crippen LogP contribution is -2.54. The molecule has 0 fully saturated rings. The van der Waals surface area contributed by atoms with Gasteiger partial charge in [0.15, 0.2) is 12.1 Å². The highest BCUT2D eigenvalue weighted by Gasteiger charge is 2.48. The lowest BCUT2D eigenvalue weighted by Gasteiger charge is -2.23. The Morgan fingerprint density at radius 2 is 1.62 bits per heavy atom. The smallest absolute Gasteiger partial charge is 0.417 e. The molecule has 134 valence electrons. The van der Waals surface area contributed by atoms with Crippen LogP contribution in [0.4, 0.5) is 30.7 Å². The minimum Gasteiger partial charge on any atom is -0.480 e. The molecule has 0 aliphatic heterocycles. The number of carbonyl (C=O) groups excluding carboxylic acids is 1. The van der Waals surface area contributed by atoms with E-state index in [1.807, 2.05) is 0 Å². The van der Waals surface area contributed by atoms with Crippen molar-refractivity contribution in [2.24, 2.45) is 0 Å². The van der Waals surface area contributed by atoms with E-state index >= 15 is 0 Å². The number of amides is 1. The quantitative estimate of drug-likeness (QED) is 0.714. The third-order valence-corrected chi connectivity index (χ3v) is 2.74. The normalized spacial score (nSPS) is 14.8. The zero-order valence-corrected chi connectivity index (χ0v) is 11.2. The average Bonchev–Trinajstić information content (AvgIpc) is 2.41. The third kappa shape index (κ3) is 4.57. The number of aliphatic hydroxyl groups excluding tert-OH is 1. The first-order chi connectivity index (χ1) is 10.7. The number of rotatable bonds is 4. The molecule has 1 amide bonds. The lowest BCUT2D eigenvalue weighted by atomic mass is 10.0. The Labute approximate surface area is 128 Å². The Balaban J connectivity index is 3.21. The van der Waals surface area contributed by atoms with Gasteiger partial charge in [0, 0.05) is 0 Å². The number of aliphatic hydroxyl groups is 1. The number of aliphatic carboxylic acids is 1. The fraction of sp³-hybridized carbons (Fsp3) is 0.333. The van der Waals surface area contributed by atoms with Gasteiger partial charge in [0.05, 0.1) is 11.1 Å². The fourth-order valence-electron chi connectivity index (χ4n) is 1.63. The molecule has 0 bridgehead atoms. The molecule has 1 aromatic carbocycles. The number of carbonyl (C=O) groups is 2. The number of benzene rings is 1. The first-order valence-electron chi connectivity index (χ1n) is 5.90. The van der Waals surface area contributed by atoms with Crippen molar-refractivity contribution in [3.63, 3.8) is 0 Å². The van der Waals surface area contributed by atoms with Crippen LogP contribution in [-0.2, 0) is 11.0 Å². The number of hydrogen-bond acceptors (Lipinski definition) is 3. The van der Waals surface area contributed by atoms with Crippen LogP contribution in [0.1, 0.15) is 15.9 Å². The molecule has 12 heteroatoms. The molecule has 5 nitrogen and oxygen atoms in total. The van der Waals surface area contributed by atoms with Gasteiger partial charge in [0.1, 0.15) is 5.82 Å². The van der Waals surface area contributed by atoms with Crippen LogP contribution in [0.15, 0.2) is 18.2 Å². The summed E-state index contributed by atoms with van der Waals surface area (Å²) in [6.45, 7) is 0. The molecule has 0 spiro atoms. The largest absolute Gasteiger partial charge is 0.480 e. The molecule has 0 heterocycles. The van der Waals surface area contributed by atoms with Crippen molar-refractivity contribution in [3.8, 4) is 0 Å². The van der Waals surface area contributed by atoms with E-state index < -0.39 is 53.3 Å². The standard InChI is InChI=1S/C12H8F7NO4/c13-4-1-2-5(6(3-4)11(14,15)16)9(22)20-7(10(23)24)8(21)12(17,18)19/h1-3,7-8,21H,(H,20,22)(H,23,24). The molecule has 2 atom stereocenters. The minimum absolute atomic E-state index is 0.0785. The van der Waals surface area contributed by atoms with Crippen LogP contribution in [0.2, 0.25) is 0 Å². The van der Waals surface area contributed by atoms with Crippen molar-refractivity contribution in [1.29, 1.82) is 0 Å². The van der Waals surface area contributed by atoms with Gasteiger partial charge in [-0.05, 0) is 18.2 Å². The van der Waals surface area contributed by atoms with Crippen LogP contribution in [0.3, 0.4) is 0 Å². The molecular weight excluding hydrogens is 355 g/mol. The van der Waals surface area contributed by atoms with Crippen molar-refractivity contribution in [1.82, 2.24) is 5.32 Å². The van der Waals surface area contributed by atoms with E-state index in [1.165, 1.54) is 0 Å². The summed E-state index contributed by atoms with van der Waals surface area (Å²) in [6.07, 6.45) is -14.2. The van der Waals surface area contributed by atoms with E-state index in [9.17, 15) is 40.3 Å². The van der Waals surface area contributed by atoms with Gasteiger partial charge >= 0.3 is 18.3 Å². The molecule has 0 aromatic heterocycles. The molecule has 0 aliphatic rings. The van der Waals surface area contributed by atoms with Gasteiger partial charge in [0.25, 0.3) is 5.91 Å². The topological polar surface area (TPSA) is 86.6 Å². The molecule has 3 N–H and O–H groups in total. The number of carboxylic acid groups (broad SMARTS) is 1. The van der Waals surface area contributed by atoms with Crippen molar-refractivity contribution in [2.75, 3.05) is 0 Å². The number of nitrogens with one attached hydrogen (secondary N) is 1. The predicted octanol–water partition coefficient (Wildman–Crippen LogP) is 1.95. The minimum atomic E-state index is -5.45. The Bertz CT molecular complexity index is 641. The maximum absolute atomic E-state index is 12.9. The van der Waals surface area contributed by atoms with E-state index in [1.54, 1.807) is 0 Å². The molecular formula is C12H8F7NO4. The Kier molecular flexibility index (Phi) is 5.43. The van der Waals surface area contributed by atoms with Gasteiger partial charge in [-0.3, -0.25) is 4.79 Å². The summed E-state index contributed by atoms with van der Waals surface area (Å²) < 4.78 is 88.1. The molecule has 24 heavy (non-hydrogen) atoms. The van der Waals surface area contributed by atoms with Crippen molar-refractivity contribution in [3.05, 3.63) is 35.1 Å². The van der Waals surface area contributed by atoms with E-state index in [0.717, 1.165) is 5.32 Å². The second kappa shape index (κ2) is 6.63. The monoisotopic (exact) mass is 363 g/mol. The van der Waals surface area contributed by atoms with Crippen molar-refractivity contribution < 1.29 is 50.5 Å². The molecule has 2 unspecified atom stereocenters. The maximum atomic E-state index is 12.9. The van der Waals surface area contributed by atoms with Crippen molar-refractivity contribution in [2.45, 2.75) is 24.5 Å². The molecule has 0 saturated carbocycles. The van der Waals surface area contributed by atoms with E-state index in [4.69, 9.17) is 10.2 Å². The summed E-state index contributed by atoms with van der Waals surface area (Å²) in [6, 6.07) is -2.28. The molecule has 0 radical (unpaired) electrons. The van der Waals surface area contributed by atoms with Gasteiger partial charge < -0.3 is 15.5 Å². The highest BCUT2D eigenvalue weighted by molar-refractivity contribution is 5.98. The van der Waals surface area contributed by atoms with Crippen LogP contribution in [0, 0.1) is 5.82 Å². The highest BCUT2D eigenvalue weighted by atomic mass is 19.4. The first-order valence-corrected chi connectivity index (χ1v) is 5.90. The van der Waals surface area contributed by atoms with Crippen LogP contribution in [0.25, 0.3) is 0 Å². The third-order valence-electron chi connectivity index (χ3n) is 2.74. The Morgan fingerprint density at radius 3 is 2.04 bits per heavy atom. The van der Waals surface area contributed by atoms with Crippen LogP contribution >= 0.6 is 0 Å². The summed E-state index contributed by atoms with van der Waals surface area (Å²) in [5.41, 5.74) is -3.12. The zero-order valence-electron chi connectivity index (χ0n) is 11.2. The average molecular weight is 363 g/mol. The number of alkyl halides is 6. The summed E-state index contributed by atoms with van der Waals surface area (Å²) in [4.78, 5) is 22.4. The maximum Gasteiger partial charge on any atom is 0.417 e. The van der Waals surface area contributed by atoms with Crippen LogP contribution in [0.5, 0.6) is 0 Å². The summed E-state index contributed by atoms with van der Waals surface area (Å²) in [7, 11) is 0. The molecule has 1 rings (SSSR count). The Morgan fingerprint density at radius 1 is 1.08 bits per heavy atom. The SMILES string of the molecule is O=C(NC(C(=O)O)C(O)C(F)(F)F)c1ccc(F)cc1C(F)(F)F. The second-order valence-corrected chi connectivity index (χ2v) is 4.46. The predicted molar refractivity (Wildman–Crippen MR) is 62.4 cm³/mol. The number of hydrogen-bond donors (Lipinski definition) is 3. The molecule has 1 aromatic rings. The van der Waals surface area contributed by atoms with E-state index in [0.29, 0.717) is 12.1 Å². The summed E-state index contributed by atoms with van der Waals surface area (Å²) in [5, 5.41) is 18.6. The van der Waals surface area contributed by atoms with Gasteiger partial charge in [-0.1, -0.05) is 0 Å². The number of halogens is 7. The van der Waals surface area contributed by atoms with Crippen LogP contribution in [-0.4, -0.2) is 40.4 Å². The second-order valence-electron chi connectivity index (χ2n) is 4.46. The Hall–Kier alpha value is -2.37. The van der Waals surface area contributed by atoms with E-state index in [2.05, 4.69) is 0 Å². The number of carboxylic acids is 1. The van der Waals surface area contributed by atoms with Gasteiger partial charge in [-0.25, -0.2) is 9.18 Å². The van der Waals surface area contributed by atoms with Gasteiger partial charge in [-0.2, -0.15) is 26.3 Å². The molecule has 0 saturated heterocycles.